The predicted molar refractivity (Wildman–Crippen MR) is 208 cm³/mol. The molecular formula is C36H39Br5N2. The van der Waals surface area contributed by atoms with Crippen LogP contribution in [0.5, 0.6) is 0 Å². The number of aryl methyl sites for hydroxylation is 1. The average molecular weight is 899 g/mol. The summed E-state index contributed by atoms with van der Waals surface area (Å²) < 4.78 is 6.96. The molecule has 0 atom stereocenters. The van der Waals surface area contributed by atoms with Crippen molar-refractivity contribution < 1.29 is 0 Å². The number of aromatic nitrogens is 2. The van der Waals surface area contributed by atoms with Crippen LogP contribution in [-0.2, 0) is 6.54 Å². The molecule has 43 heavy (non-hydrogen) atoms. The fraction of sp³-hybridized carbons (Fsp3) is 0.333. The second-order valence-electron chi connectivity index (χ2n) is 10.8. The highest BCUT2D eigenvalue weighted by molar-refractivity contribution is 9.11. The first kappa shape index (κ1) is 34.7. The molecule has 6 rings (SSSR count). The van der Waals surface area contributed by atoms with Gasteiger partial charge in [-0.05, 0) is 85.6 Å². The van der Waals surface area contributed by atoms with Gasteiger partial charge in [0.25, 0.3) is 0 Å². The van der Waals surface area contributed by atoms with Crippen LogP contribution in [0.1, 0.15) is 65.2 Å². The number of nitrogens with zero attached hydrogens (tertiary/aromatic N) is 1. The maximum atomic E-state index is 3.60. The Labute approximate surface area is 298 Å². The van der Waals surface area contributed by atoms with Gasteiger partial charge in [-0.15, -0.1) is 0 Å². The number of H-pyrrole nitrogens is 1. The fourth-order valence-electron chi connectivity index (χ4n) is 5.35. The first-order valence-electron chi connectivity index (χ1n) is 15.2. The Bertz CT molecular complexity index is 1650. The third-order valence-electron chi connectivity index (χ3n) is 7.53. The number of unbranched alkanes of at least 4 members (excludes halogenated alkanes) is 6. The Morgan fingerprint density at radius 2 is 0.930 bits per heavy atom. The van der Waals surface area contributed by atoms with Crippen molar-refractivity contribution in [3.63, 3.8) is 0 Å². The Balaban J connectivity index is 0.000000167. The third-order valence-corrected chi connectivity index (χ3v) is 10.1. The Kier molecular flexibility index (Phi) is 14.2. The van der Waals surface area contributed by atoms with Gasteiger partial charge in [0.05, 0.1) is 0 Å². The van der Waals surface area contributed by atoms with Crippen molar-refractivity contribution in [2.24, 2.45) is 0 Å². The van der Waals surface area contributed by atoms with Crippen molar-refractivity contribution in [3.05, 3.63) is 90.7 Å². The van der Waals surface area contributed by atoms with Crippen LogP contribution in [0, 0.1) is 0 Å². The number of hydrogen-bond acceptors (Lipinski definition) is 0. The average Bonchev–Trinajstić information content (AvgIpc) is 3.50. The number of hydrogen-bond donors (Lipinski definition) is 1. The van der Waals surface area contributed by atoms with E-state index in [0.717, 1.165) is 24.4 Å². The molecule has 1 N–H and O–H groups in total. The maximum absolute atomic E-state index is 3.60. The molecule has 0 spiro atoms. The maximum Gasteiger partial charge on any atom is 0.0492 e. The zero-order chi connectivity index (χ0) is 30.8. The first-order valence-corrected chi connectivity index (χ1v) is 19.4. The van der Waals surface area contributed by atoms with E-state index in [1.165, 1.54) is 100 Å². The van der Waals surface area contributed by atoms with Gasteiger partial charge in [0.1, 0.15) is 0 Å². The molecule has 0 unspecified atom stereocenters. The second-order valence-corrected chi connectivity index (χ2v) is 15.2. The number of nitrogens with one attached hydrogen (secondary N) is 1. The zero-order valence-corrected chi connectivity index (χ0v) is 32.8. The van der Waals surface area contributed by atoms with E-state index in [0.29, 0.717) is 0 Å². The minimum atomic E-state index is 1.10. The standard InChI is InChI=1S/C18H19Br2N.C12H7Br2N.C6H13Br/c1-2-3-4-5-10-21-17-8-6-13(19)11-15(17)16-12-14(20)7-9-18(16)21;13-7-1-3-11-9(5-7)10-6-8(14)2-4-12(10)15-11;1-2-3-4-5-6-7/h6-9,11-12H,2-5,10H2,1H3;1-6,15H;2-6H2,1H3. The highest BCUT2D eigenvalue weighted by Gasteiger charge is 2.11. The van der Waals surface area contributed by atoms with Gasteiger partial charge >= 0.3 is 0 Å². The summed E-state index contributed by atoms with van der Waals surface area (Å²) in [5.41, 5.74) is 5.02. The largest absolute Gasteiger partial charge is 0.355 e. The molecular weight excluding hydrogens is 860 g/mol. The normalized spacial score (nSPS) is 11.1. The number of aromatic amines is 1. The Morgan fingerprint density at radius 1 is 0.512 bits per heavy atom. The van der Waals surface area contributed by atoms with Crippen LogP contribution in [-0.4, -0.2) is 14.9 Å². The molecule has 6 aromatic rings. The van der Waals surface area contributed by atoms with Crippen LogP contribution >= 0.6 is 79.6 Å². The summed E-state index contributed by atoms with van der Waals surface area (Å²) >= 11 is 17.6. The summed E-state index contributed by atoms with van der Waals surface area (Å²) in [6.07, 6.45) is 10.6. The van der Waals surface area contributed by atoms with Gasteiger partial charge in [-0.1, -0.05) is 132 Å². The zero-order valence-electron chi connectivity index (χ0n) is 24.8. The van der Waals surface area contributed by atoms with Crippen LogP contribution in [0.25, 0.3) is 43.6 Å². The van der Waals surface area contributed by atoms with Gasteiger partial charge in [-0.3, -0.25) is 0 Å². The molecule has 0 bridgehead atoms. The smallest absolute Gasteiger partial charge is 0.0492 e. The van der Waals surface area contributed by atoms with Crippen LogP contribution in [0.4, 0.5) is 0 Å². The molecule has 0 fully saturated rings. The summed E-state index contributed by atoms with van der Waals surface area (Å²) in [6.45, 7) is 5.59. The monoisotopic (exact) mass is 894 g/mol. The number of alkyl halides is 1. The molecule has 0 saturated heterocycles. The first-order chi connectivity index (χ1) is 20.9. The molecule has 0 aliphatic rings. The molecule has 0 amide bonds. The van der Waals surface area contributed by atoms with E-state index in [4.69, 9.17) is 0 Å². The topological polar surface area (TPSA) is 20.7 Å². The van der Waals surface area contributed by atoms with Gasteiger partial charge in [0.15, 0.2) is 0 Å². The van der Waals surface area contributed by atoms with E-state index < -0.39 is 0 Å². The number of fused-ring (bicyclic) bond motifs is 6. The molecule has 2 heterocycles. The summed E-state index contributed by atoms with van der Waals surface area (Å²) in [4.78, 5) is 3.39. The highest BCUT2D eigenvalue weighted by Crippen LogP contribution is 2.33. The van der Waals surface area contributed by atoms with Crippen molar-refractivity contribution in [1.29, 1.82) is 0 Å². The molecule has 0 radical (unpaired) electrons. The van der Waals surface area contributed by atoms with Crippen LogP contribution in [0.3, 0.4) is 0 Å². The molecule has 0 aliphatic carbocycles. The number of benzene rings is 4. The van der Waals surface area contributed by atoms with Gasteiger partial charge in [0, 0.05) is 73.4 Å². The predicted octanol–water partition coefficient (Wildman–Crippen LogP) is 14.7. The quantitative estimate of drug-likeness (QED) is 0.110. The third kappa shape index (κ3) is 9.45. The minimum Gasteiger partial charge on any atom is -0.355 e. The summed E-state index contributed by atoms with van der Waals surface area (Å²) in [5.74, 6) is 0. The number of halogens is 5. The molecule has 7 heteroatoms. The van der Waals surface area contributed by atoms with Crippen molar-refractivity contribution in [2.45, 2.75) is 71.8 Å². The van der Waals surface area contributed by atoms with Crippen molar-refractivity contribution >= 4 is 123 Å². The SMILES string of the molecule is Brc1ccc2[nH]c3ccc(Br)cc3c2c1.CCCCCCBr.CCCCCCn1c2ccc(Br)cc2c2cc(Br)ccc21. The molecule has 2 nitrogen and oxygen atoms in total. The van der Waals surface area contributed by atoms with Crippen molar-refractivity contribution in [2.75, 3.05) is 5.33 Å². The summed E-state index contributed by atoms with van der Waals surface area (Å²) in [7, 11) is 0. The molecule has 0 saturated carbocycles. The Hall–Kier alpha value is -1.12. The van der Waals surface area contributed by atoms with Gasteiger partial charge < -0.3 is 9.55 Å². The van der Waals surface area contributed by atoms with Gasteiger partial charge in [-0.2, -0.15) is 0 Å². The summed E-state index contributed by atoms with van der Waals surface area (Å²) in [6, 6.07) is 25.7. The Morgan fingerprint density at radius 3 is 1.37 bits per heavy atom. The van der Waals surface area contributed by atoms with Crippen molar-refractivity contribution in [3.8, 4) is 0 Å². The second kappa shape index (κ2) is 17.5. The van der Waals surface area contributed by atoms with Crippen LogP contribution in [0.15, 0.2) is 90.7 Å². The lowest BCUT2D eigenvalue weighted by molar-refractivity contribution is 0.602. The molecule has 0 aliphatic heterocycles. The van der Waals surface area contributed by atoms with E-state index in [-0.39, 0.29) is 0 Å². The van der Waals surface area contributed by atoms with E-state index >= 15 is 0 Å². The number of rotatable bonds is 9. The van der Waals surface area contributed by atoms with Crippen molar-refractivity contribution in [1.82, 2.24) is 9.55 Å². The summed E-state index contributed by atoms with van der Waals surface area (Å²) in [5, 5.41) is 6.33. The van der Waals surface area contributed by atoms with E-state index in [1.54, 1.807) is 0 Å². The lowest BCUT2D eigenvalue weighted by atomic mass is 10.2. The minimum absolute atomic E-state index is 1.10. The molecule has 4 aromatic carbocycles. The fourth-order valence-corrected chi connectivity index (χ4v) is 7.19. The molecule has 2 aromatic heterocycles. The lowest BCUT2D eigenvalue weighted by Gasteiger charge is -2.07. The van der Waals surface area contributed by atoms with Gasteiger partial charge in [-0.25, -0.2) is 0 Å². The van der Waals surface area contributed by atoms with E-state index in [1.807, 2.05) is 12.1 Å². The highest BCUT2D eigenvalue weighted by atomic mass is 79.9. The van der Waals surface area contributed by atoms with E-state index in [9.17, 15) is 0 Å². The van der Waals surface area contributed by atoms with Gasteiger partial charge in [0.2, 0.25) is 0 Å². The van der Waals surface area contributed by atoms with Crippen LogP contribution in [0.2, 0.25) is 0 Å². The molecule has 228 valence electrons. The van der Waals surface area contributed by atoms with Crippen LogP contribution < -0.4 is 0 Å². The lowest BCUT2D eigenvalue weighted by Crippen LogP contribution is -1.97. The van der Waals surface area contributed by atoms with E-state index in [2.05, 4.69) is 164 Å².